The molecule has 2 rings (SSSR count). The molecule has 0 amide bonds. The van der Waals surface area contributed by atoms with Crippen LogP contribution in [0.5, 0.6) is 5.75 Å². The number of anilines is 1. The first-order chi connectivity index (χ1) is 8.69. The molecule has 2 heterocycles. The second-order valence-electron chi connectivity index (χ2n) is 4.67. The fraction of sp³-hybridized carbons (Fsp3) is 0.667. The van der Waals surface area contributed by atoms with Gasteiger partial charge in [-0.3, -0.25) is 4.79 Å². The van der Waals surface area contributed by atoms with E-state index in [0.29, 0.717) is 18.4 Å². The summed E-state index contributed by atoms with van der Waals surface area (Å²) in [6.07, 6.45) is 4.67. The Kier molecular flexibility index (Phi) is 3.86. The van der Waals surface area contributed by atoms with E-state index in [0.717, 1.165) is 19.3 Å². The first-order valence-electron chi connectivity index (χ1n) is 6.29. The molecule has 1 saturated heterocycles. The molecule has 18 heavy (non-hydrogen) atoms. The number of aromatic amines is 1. The van der Waals surface area contributed by atoms with Gasteiger partial charge in [-0.25, -0.2) is 4.98 Å². The van der Waals surface area contributed by atoms with E-state index in [-0.39, 0.29) is 17.4 Å². The molecule has 1 fully saturated rings. The molecule has 3 N–H and O–H groups in total. The number of aromatic nitrogens is 2. The number of nitrogens with two attached hydrogens (primary N) is 1. The summed E-state index contributed by atoms with van der Waals surface area (Å²) in [6, 6.07) is 0.535. The topological polar surface area (TPSA) is 84.2 Å². The zero-order chi connectivity index (χ0) is 13.1. The SMILES string of the molecule is COc1c(N2C(C)CCCC2CN)nc[nH]c1=O. The van der Waals surface area contributed by atoms with E-state index in [4.69, 9.17) is 10.5 Å². The van der Waals surface area contributed by atoms with Gasteiger partial charge >= 0.3 is 0 Å². The molecule has 6 nitrogen and oxygen atoms in total. The van der Waals surface area contributed by atoms with Crippen molar-refractivity contribution in [2.24, 2.45) is 5.73 Å². The Morgan fingerprint density at radius 2 is 2.39 bits per heavy atom. The van der Waals surface area contributed by atoms with Crippen molar-refractivity contribution in [3.8, 4) is 5.75 Å². The van der Waals surface area contributed by atoms with Gasteiger partial charge in [-0.2, -0.15) is 0 Å². The van der Waals surface area contributed by atoms with Crippen LogP contribution in [0.15, 0.2) is 11.1 Å². The molecular weight excluding hydrogens is 232 g/mol. The monoisotopic (exact) mass is 252 g/mol. The predicted molar refractivity (Wildman–Crippen MR) is 70.0 cm³/mol. The summed E-state index contributed by atoms with van der Waals surface area (Å²) in [5.41, 5.74) is 5.57. The number of hydrogen-bond donors (Lipinski definition) is 2. The molecule has 1 aromatic rings. The summed E-state index contributed by atoms with van der Waals surface area (Å²) in [5, 5.41) is 0. The second-order valence-corrected chi connectivity index (χ2v) is 4.67. The number of ether oxygens (including phenoxy) is 1. The van der Waals surface area contributed by atoms with Crippen LogP contribution in [-0.2, 0) is 0 Å². The second kappa shape index (κ2) is 5.39. The van der Waals surface area contributed by atoms with Gasteiger partial charge in [-0.05, 0) is 26.2 Å². The number of rotatable bonds is 3. The quantitative estimate of drug-likeness (QED) is 0.817. The fourth-order valence-corrected chi connectivity index (χ4v) is 2.65. The largest absolute Gasteiger partial charge is 0.489 e. The zero-order valence-electron chi connectivity index (χ0n) is 10.8. The third-order valence-electron chi connectivity index (χ3n) is 3.54. The van der Waals surface area contributed by atoms with Gasteiger partial charge < -0.3 is 20.4 Å². The molecule has 2 unspecified atom stereocenters. The van der Waals surface area contributed by atoms with Crippen molar-refractivity contribution in [3.05, 3.63) is 16.7 Å². The molecule has 1 aromatic heterocycles. The predicted octanol–water partition coefficient (Wildman–Crippen LogP) is 0.485. The Bertz CT molecular complexity index is 460. The van der Waals surface area contributed by atoms with Crippen LogP contribution in [0.1, 0.15) is 26.2 Å². The van der Waals surface area contributed by atoms with E-state index in [1.165, 1.54) is 13.4 Å². The Morgan fingerprint density at radius 3 is 3.06 bits per heavy atom. The lowest BCUT2D eigenvalue weighted by atomic mass is 9.96. The number of methoxy groups -OCH3 is 1. The maximum Gasteiger partial charge on any atom is 0.295 e. The van der Waals surface area contributed by atoms with Gasteiger partial charge in [-0.1, -0.05) is 0 Å². The molecular formula is C12H20N4O2. The highest BCUT2D eigenvalue weighted by molar-refractivity contribution is 5.52. The highest BCUT2D eigenvalue weighted by Crippen LogP contribution is 2.31. The van der Waals surface area contributed by atoms with Gasteiger partial charge in [0.1, 0.15) is 0 Å². The van der Waals surface area contributed by atoms with Crippen LogP contribution in [0.4, 0.5) is 5.82 Å². The minimum Gasteiger partial charge on any atom is -0.489 e. The van der Waals surface area contributed by atoms with Gasteiger partial charge in [0.15, 0.2) is 5.82 Å². The molecule has 1 aliphatic rings. The summed E-state index contributed by atoms with van der Waals surface area (Å²) in [6.45, 7) is 2.69. The highest BCUT2D eigenvalue weighted by Gasteiger charge is 2.30. The molecule has 0 spiro atoms. The molecule has 1 aliphatic heterocycles. The van der Waals surface area contributed by atoms with Crippen molar-refractivity contribution in [1.82, 2.24) is 9.97 Å². The minimum atomic E-state index is -0.254. The van der Waals surface area contributed by atoms with Crippen LogP contribution in [0, 0.1) is 0 Å². The van der Waals surface area contributed by atoms with E-state index in [1.54, 1.807) is 0 Å². The van der Waals surface area contributed by atoms with Crippen molar-refractivity contribution in [1.29, 1.82) is 0 Å². The third-order valence-corrected chi connectivity index (χ3v) is 3.54. The Hall–Kier alpha value is -1.56. The maximum atomic E-state index is 11.7. The van der Waals surface area contributed by atoms with Crippen LogP contribution in [0.3, 0.4) is 0 Å². The van der Waals surface area contributed by atoms with Gasteiger partial charge in [0, 0.05) is 18.6 Å². The number of nitrogens with zero attached hydrogens (tertiary/aromatic N) is 2. The van der Waals surface area contributed by atoms with Crippen molar-refractivity contribution in [2.45, 2.75) is 38.3 Å². The smallest absolute Gasteiger partial charge is 0.295 e. The van der Waals surface area contributed by atoms with Crippen LogP contribution in [-0.4, -0.2) is 35.7 Å². The Balaban J connectivity index is 2.44. The van der Waals surface area contributed by atoms with Crippen molar-refractivity contribution < 1.29 is 4.74 Å². The van der Waals surface area contributed by atoms with E-state index < -0.39 is 0 Å². The Morgan fingerprint density at radius 1 is 1.61 bits per heavy atom. The third kappa shape index (κ3) is 2.20. The summed E-state index contributed by atoms with van der Waals surface area (Å²) in [4.78, 5) is 20.7. The van der Waals surface area contributed by atoms with Crippen LogP contribution >= 0.6 is 0 Å². The number of nitrogens with one attached hydrogen (secondary N) is 1. The molecule has 6 heteroatoms. The molecule has 0 bridgehead atoms. The summed E-state index contributed by atoms with van der Waals surface area (Å²) in [5.74, 6) is 0.869. The van der Waals surface area contributed by atoms with E-state index >= 15 is 0 Å². The van der Waals surface area contributed by atoms with E-state index in [9.17, 15) is 4.79 Å². The maximum absolute atomic E-state index is 11.7. The van der Waals surface area contributed by atoms with Gasteiger partial charge in [0.2, 0.25) is 5.75 Å². The molecule has 0 radical (unpaired) electrons. The average Bonchev–Trinajstić information content (AvgIpc) is 2.38. The van der Waals surface area contributed by atoms with Gasteiger partial charge in [-0.15, -0.1) is 0 Å². The lowest BCUT2D eigenvalue weighted by Crippen LogP contribution is -2.50. The number of H-pyrrole nitrogens is 1. The first kappa shape index (κ1) is 12.9. The zero-order valence-corrected chi connectivity index (χ0v) is 10.8. The first-order valence-corrected chi connectivity index (χ1v) is 6.29. The standard InChI is InChI=1S/C12H20N4O2/c1-8-4-3-5-9(6-13)16(8)11-10(18-2)12(17)15-7-14-11/h7-9H,3-6,13H2,1-2H3,(H,14,15,17). The van der Waals surface area contributed by atoms with E-state index in [2.05, 4.69) is 21.8 Å². The molecule has 0 aliphatic carbocycles. The minimum absolute atomic E-state index is 0.219. The van der Waals surface area contributed by atoms with Crippen molar-refractivity contribution in [3.63, 3.8) is 0 Å². The van der Waals surface area contributed by atoms with Crippen LogP contribution < -0.4 is 20.9 Å². The molecule has 100 valence electrons. The van der Waals surface area contributed by atoms with Crippen molar-refractivity contribution in [2.75, 3.05) is 18.6 Å². The van der Waals surface area contributed by atoms with Gasteiger partial charge in [0.05, 0.1) is 13.4 Å². The molecule has 0 saturated carbocycles. The van der Waals surface area contributed by atoms with Crippen LogP contribution in [0.25, 0.3) is 0 Å². The van der Waals surface area contributed by atoms with Crippen molar-refractivity contribution >= 4 is 5.82 Å². The summed E-state index contributed by atoms with van der Waals surface area (Å²) in [7, 11) is 1.49. The van der Waals surface area contributed by atoms with Gasteiger partial charge in [0.25, 0.3) is 5.56 Å². The summed E-state index contributed by atoms with van der Waals surface area (Å²) < 4.78 is 5.18. The average molecular weight is 252 g/mol. The Labute approximate surface area is 106 Å². The lowest BCUT2D eigenvalue weighted by molar-refractivity contribution is 0.373. The number of piperidine rings is 1. The molecule has 0 aromatic carbocycles. The normalized spacial score (nSPS) is 24.1. The number of hydrogen-bond acceptors (Lipinski definition) is 5. The van der Waals surface area contributed by atoms with Crippen LogP contribution in [0.2, 0.25) is 0 Å². The molecule has 2 atom stereocenters. The summed E-state index contributed by atoms with van der Waals surface area (Å²) >= 11 is 0. The van der Waals surface area contributed by atoms with E-state index in [1.807, 2.05) is 0 Å². The highest BCUT2D eigenvalue weighted by atomic mass is 16.5. The lowest BCUT2D eigenvalue weighted by Gasteiger charge is -2.41. The fourth-order valence-electron chi connectivity index (χ4n) is 2.65.